The number of nitrogens with one attached hydrogen (secondary N) is 1. The smallest absolute Gasteiger partial charge is 0.410 e. The number of hydrogen-bond acceptors (Lipinski definition) is 3. The van der Waals surface area contributed by atoms with Crippen molar-refractivity contribution in [3.63, 3.8) is 0 Å². The molecule has 1 N–H and O–H groups in total. The van der Waals surface area contributed by atoms with Gasteiger partial charge in [-0.25, -0.2) is 9.59 Å². The highest BCUT2D eigenvalue weighted by Gasteiger charge is 2.32. The zero-order chi connectivity index (χ0) is 19.6. The van der Waals surface area contributed by atoms with E-state index in [2.05, 4.69) is 21.2 Å². The Hall–Kier alpha value is -1.47. The number of aryl methyl sites for hydroxylation is 1. The number of halogens is 2. The Kier molecular flexibility index (Phi) is 6.45. The van der Waals surface area contributed by atoms with Crippen LogP contribution in [0.15, 0.2) is 16.6 Å². The van der Waals surface area contributed by atoms with Crippen LogP contribution in [0.2, 0.25) is 5.02 Å². The predicted octanol–water partition coefficient (Wildman–Crippen LogP) is 4.88. The third-order valence-electron chi connectivity index (χ3n) is 4.05. The van der Waals surface area contributed by atoms with Gasteiger partial charge in [-0.1, -0.05) is 11.6 Å². The molecular weight excluding hydrogens is 422 g/mol. The van der Waals surface area contributed by atoms with E-state index in [0.717, 1.165) is 10.0 Å². The molecule has 6 nitrogen and oxygen atoms in total. The molecule has 1 aliphatic rings. The fourth-order valence-corrected chi connectivity index (χ4v) is 3.34. The lowest BCUT2D eigenvalue weighted by atomic mass is 10.2. The average molecular weight is 447 g/mol. The van der Waals surface area contributed by atoms with Crippen LogP contribution in [0.25, 0.3) is 0 Å². The molecule has 1 aliphatic heterocycles. The first kappa shape index (κ1) is 20.8. The van der Waals surface area contributed by atoms with Crippen LogP contribution in [0.3, 0.4) is 0 Å². The SMILES string of the molecule is Cc1cc(Br)c(Cl)cc1NC(=O)N1CCN(C(=O)OC(C)(C)C)C[C@@H]1C. The van der Waals surface area contributed by atoms with Gasteiger partial charge in [0.25, 0.3) is 0 Å². The lowest BCUT2D eigenvalue weighted by Crippen LogP contribution is -2.57. The highest BCUT2D eigenvalue weighted by atomic mass is 79.9. The minimum absolute atomic E-state index is 0.123. The van der Waals surface area contributed by atoms with Gasteiger partial charge in [0.05, 0.1) is 5.02 Å². The quantitative estimate of drug-likeness (QED) is 0.668. The van der Waals surface area contributed by atoms with Crippen LogP contribution >= 0.6 is 27.5 Å². The van der Waals surface area contributed by atoms with Crippen molar-refractivity contribution >= 4 is 45.3 Å². The number of nitrogens with zero attached hydrogens (tertiary/aromatic N) is 2. The summed E-state index contributed by atoms with van der Waals surface area (Å²) in [6.07, 6.45) is -0.347. The summed E-state index contributed by atoms with van der Waals surface area (Å²) in [5.74, 6) is 0. The normalized spacial score (nSPS) is 17.9. The number of urea groups is 1. The molecule has 1 atom stereocenters. The number of benzene rings is 1. The summed E-state index contributed by atoms with van der Waals surface area (Å²) >= 11 is 9.49. The molecule has 1 heterocycles. The average Bonchev–Trinajstić information content (AvgIpc) is 2.50. The number of carbonyl (C=O) groups excluding carboxylic acids is 2. The zero-order valence-electron chi connectivity index (χ0n) is 15.7. The molecule has 1 aromatic carbocycles. The van der Waals surface area contributed by atoms with E-state index in [1.165, 1.54) is 0 Å². The van der Waals surface area contributed by atoms with Crippen LogP contribution < -0.4 is 5.32 Å². The number of piperazine rings is 1. The molecule has 2 rings (SSSR count). The van der Waals surface area contributed by atoms with Crippen molar-refractivity contribution in [2.75, 3.05) is 25.0 Å². The molecule has 0 aliphatic carbocycles. The Labute approximate surface area is 167 Å². The van der Waals surface area contributed by atoms with Gasteiger partial charge in [0.1, 0.15) is 5.60 Å². The summed E-state index contributed by atoms with van der Waals surface area (Å²) in [6, 6.07) is 3.26. The van der Waals surface area contributed by atoms with E-state index in [4.69, 9.17) is 16.3 Å². The van der Waals surface area contributed by atoms with Crippen molar-refractivity contribution in [3.8, 4) is 0 Å². The first-order valence-corrected chi connectivity index (χ1v) is 9.66. The Balaban J connectivity index is 2.00. The highest BCUT2D eigenvalue weighted by Crippen LogP contribution is 2.29. The number of anilines is 1. The second-order valence-corrected chi connectivity index (χ2v) is 8.74. The van der Waals surface area contributed by atoms with Crippen molar-refractivity contribution in [2.45, 2.75) is 46.3 Å². The van der Waals surface area contributed by atoms with E-state index in [1.54, 1.807) is 15.9 Å². The number of hydrogen-bond donors (Lipinski definition) is 1. The zero-order valence-corrected chi connectivity index (χ0v) is 18.1. The van der Waals surface area contributed by atoms with E-state index in [1.807, 2.05) is 40.7 Å². The second kappa shape index (κ2) is 8.05. The molecule has 26 heavy (non-hydrogen) atoms. The molecule has 8 heteroatoms. The van der Waals surface area contributed by atoms with Gasteiger partial charge in [-0.3, -0.25) is 0 Å². The van der Waals surface area contributed by atoms with Gasteiger partial charge in [-0.15, -0.1) is 0 Å². The van der Waals surface area contributed by atoms with Crippen molar-refractivity contribution in [1.29, 1.82) is 0 Å². The second-order valence-electron chi connectivity index (χ2n) is 7.48. The van der Waals surface area contributed by atoms with E-state index >= 15 is 0 Å². The highest BCUT2D eigenvalue weighted by molar-refractivity contribution is 9.10. The number of rotatable bonds is 1. The summed E-state index contributed by atoms with van der Waals surface area (Å²) in [5, 5.41) is 3.44. The Morgan fingerprint density at radius 3 is 2.54 bits per heavy atom. The summed E-state index contributed by atoms with van der Waals surface area (Å²) in [4.78, 5) is 28.2. The van der Waals surface area contributed by atoms with Crippen LogP contribution in [-0.4, -0.2) is 53.2 Å². The lowest BCUT2D eigenvalue weighted by molar-refractivity contribution is 0.0112. The Bertz CT molecular complexity index is 706. The maximum absolute atomic E-state index is 12.7. The van der Waals surface area contributed by atoms with E-state index < -0.39 is 5.60 Å². The monoisotopic (exact) mass is 445 g/mol. The summed E-state index contributed by atoms with van der Waals surface area (Å²) in [6.45, 7) is 10.6. The van der Waals surface area contributed by atoms with Gasteiger partial charge in [0.15, 0.2) is 0 Å². The van der Waals surface area contributed by atoms with Crippen LogP contribution in [0, 0.1) is 6.92 Å². The van der Waals surface area contributed by atoms with Gasteiger partial charge < -0.3 is 19.9 Å². The summed E-state index contributed by atoms with van der Waals surface area (Å²) in [7, 11) is 0. The van der Waals surface area contributed by atoms with Crippen LogP contribution in [0.4, 0.5) is 15.3 Å². The van der Waals surface area contributed by atoms with Gasteiger partial charge in [0.2, 0.25) is 0 Å². The molecule has 0 spiro atoms. The molecule has 0 aromatic heterocycles. The third-order valence-corrected chi connectivity index (χ3v) is 5.25. The topological polar surface area (TPSA) is 61.9 Å². The fraction of sp³-hybridized carbons (Fsp3) is 0.556. The molecule has 1 aromatic rings. The largest absolute Gasteiger partial charge is 0.444 e. The number of carbonyl (C=O) groups is 2. The molecule has 0 radical (unpaired) electrons. The Morgan fingerprint density at radius 1 is 1.31 bits per heavy atom. The molecule has 1 fully saturated rings. The van der Waals surface area contributed by atoms with Crippen LogP contribution in [0.1, 0.15) is 33.3 Å². The maximum atomic E-state index is 12.7. The summed E-state index contributed by atoms with van der Waals surface area (Å²) in [5.41, 5.74) is 1.05. The lowest BCUT2D eigenvalue weighted by Gasteiger charge is -2.40. The first-order valence-electron chi connectivity index (χ1n) is 8.49. The van der Waals surface area contributed by atoms with Gasteiger partial charge in [-0.2, -0.15) is 0 Å². The first-order chi connectivity index (χ1) is 12.0. The molecule has 0 saturated carbocycles. The standard InChI is InChI=1S/C18H25BrClN3O3/c1-11-8-13(19)14(20)9-15(11)21-16(24)23-7-6-22(10-12(23)2)17(25)26-18(3,4)5/h8-9,12H,6-7,10H2,1-5H3,(H,21,24)/t12-/m0/s1. The molecule has 3 amide bonds. The number of amides is 3. The van der Waals surface area contributed by atoms with E-state index in [0.29, 0.717) is 30.3 Å². The van der Waals surface area contributed by atoms with Crippen LogP contribution in [-0.2, 0) is 4.74 Å². The number of ether oxygens (including phenoxy) is 1. The summed E-state index contributed by atoms with van der Waals surface area (Å²) < 4.78 is 6.19. The molecule has 0 unspecified atom stereocenters. The van der Waals surface area contributed by atoms with E-state index in [-0.39, 0.29) is 18.2 Å². The Morgan fingerprint density at radius 2 is 1.96 bits per heavy atom. The van der Waals surface area contributed by atoms with Gasteiger partial charge >= 0.3 is 12.1 Å². The maximum Gasteiger partial charge on any atom is 0.410 e. The van der Waals surface area contributed by atoms with Crippen molar-refractivity contribution in [1.82, 2.24) is 9.80 Å². The van der Waals surface area contributed by atoms with Crippen LogP contribution in [0.5, 0.6) is 0 Å². The third kappa shape index (κ3) is 5.27. The van der Waals surface area contributed by atoms with Gasteiger partial charge in [-0.05, 0) is 68.2 Å². The van der Waals surface area contributed by atoms with Crippen molar-refractivity contribution < 1.29 is 14.3 Å². The molecule has 0 bridgehead atoms. The van der Waals surface area contributed by atoms with Gasteiger partial charge in [0, 0.05) is 35.8 Å². The molecule has 1 saturated heterocycles. The van der Waals surface area contributed by atoms with E-state index in [9.17, 15) is 9.59 Å². The predicted molar refractivity (Wildman–Crippen MR) is 107 cm³/mol. The van der Waals surface area contributed by atoms with Crippen molar-refractivity contribution in [3.05, 3.63) is 27.2 Å². The minimum atomic E-state index is -0.535. The minimum Gasteiger partial charge on any atom is -0.444 e. The van der Waals surface area contributed by atoms with Crippen molar-refractivity contribution in [2.24, 2.45) is 0 Å². The fourth-order valence-electron chi connectivity index (χ4n) is 2.72. The molecule has 144 valence electrons. The molecular formula is C18H25BrClN3O3.